The Morgan fingerprint density at radius 2 is 2.00 bits per heavy atom. The third-order valence-electron chi connectivity index (χ3n) is 3.67. The van der Waals surface area contributed by atoms with Gasteiger partial charge >= 0.3 is 0 Å². The van der Waals surface area contributed by atoms with Gasteiger partial charge in [-0.05, 0) is 36.5 Å². The molecule has 1 saturated carbocycles. The Morgan fingerprint density at radius 1 is 1.35 bits per heavy atom. The highest BCUT2D eigenvalue weighted by Gasteiger charge is 2.30. The van der Waals surface area contributed by atoms with Crippen molar-refractivity contribution in [2.45, 2.75) is 30.8 Å². The van der Waals surface area contributed by atoms with Gasteiger partial charge in [-0.15, -0.1) is 0 Å². The van der Waals surface area contributed by atoms with Crippen molar-refractivity contribution in [2.75, 3.05) is 13.6 Å². The number of aliphatic hydroxyl groups excluding tert-OH is 1. The maximum absolute atomic E-state index is 13.7. The van der Waals surface area contributed by atoms with Crippen molar-refractivity contribution in [3.05, 3.63) is 29.3 Å². The fourth-order valence-corrected chi connectivity index (χ4v) is 3.57. The largest absolute Gasteiger partial charge is 0.392 e. The number of aliphatic hydroxyl groups is 1. The number of sulfonamides is 1. The molecule has 1 aromatic carbocycles. The van der Waals surface area contributed by atoms with Gasteiger partial charge in [0.25, 0.3) is 0 Å². The van der Waals surface area contributed by atoms with Gasteiger partial charge in [0.1, 0.15) is 4.90 Å². The van der Waals surface area contributed by atoms with Crippen LogP contribution >= 0.6 is 0 Å². The quantitative estimate of drug-likeness (QED) is 0.903. The second-order valence-corrected chi connectivity index (χ2v) is 7.14. The van der Waals surface area contributed by atoms with Gasteiger partial charge in [-0.2, -0.15) is 0 Å². The molecule has 1 N–H and O–H groups in total. The van der Waals surface area contributed by atoms with E-state index < -0.39 is 33.2 Å². The van der Waals surface area contributed by atoms with Gasteiger partial charge in [0.05, 0.1) is 6.61 Å². The number of hydrogen-bond acceptors (Lipinski definition) is 3. The minimum atomic E-state index is -4.09. The molecule has 7 heteroatoms. The van der Waals surface area contributed by atoms with Gasteiger partial charge in [-0.3, -0.25) is 0 Å². The molecule has 20 heavy (non-hydrogen) atoms. The second kappa shape index (κ2) is 5.75. The maximum atomic E-state index is 13.7. The molecule has 0 heterocycles. The summed E-state index contributed by atoms with van der Waals surface area (Å²) in [4.78, 5) is -0.719. The van der Waals surface area contributed by atoms with E-state index in [0.29, 0.717) is 6.54 Å². The normalized spacial score (nSPS) is 16.4. The van der Waals surface area contributed by atoms with E-state index in [1.807, 2.05) is 0 Å². The fraction of sp³-hybridized carbons (Fsp3) is 0.538. The van der Waals surface area contributed by atoms with Crippen LogP contribution in [-0.2, 0) is 16.6 Å². The molecular formula is C13H17F2NO3S. The van der Waals surface area contributed by atoms with Gasteiger partial charge in [0, 0.05) is 13.6 Å². The van der Waals surface area contributed by atoms with Crippen LogP contribution in [0.2, 0.25) is 0 Å². The first-order valence-electron chi connectivity index (χ1n) is 6.41. The molecule has 0 unspecified atom stereocenters. The number of hydrogen-bond donors (Lipinski definition) is 1. The van der Waals surface area contributed by atoms with E-state index in [9.17, 15) is 17.2 Å². The predicted octanol–water partition coefficient (Wildman–Crippen LogP) is 1.88. The molecule has 1 fully saturated rings. The molecule has 112 valence electrons. The lowest BCUT2D eigenvalue weighted by atomic mass is 9.86. The highest BCUT2D eigenvalue weighted by Crippen LogP contribution is 2.29. The monoisotopic (exact) mass is 305 g/mol. The number of nitrogens with zero attached hydrogens (tertiary/aromatic N) is 1. The van der Waals surface area contributed by atoms with E-state index >= 15 is 0 Å². The third-order valence-corrected chi connectivity index (χ3v) is 5.49. The lowest BCUT2D eigenvalue weighted by Crippen LogP contribution is -2.34. The highest BCUT2D eigenvalue weighted by molar-refractivity contribution is 7.89. The van der Waals surface area contributed by atoms with Crippen molar-refractivity contribution in [1.82, 2.24) is 4.31 Å². The van der Waals surface area contributed by atoms with Gasteiger partial charge in [-0.1, -0.05) is 6.42 Å². The predicted molar refractivity (Wildman–Crippen MR) is 69.4 cm³/mol. The summed E-state index contributed by atoms with van der Waals surface area (Å²) in [5, 5.41) is 8.98. The zero-order chi connectivity index (χ0) is 14.9. The van der Waals surface area contributed by atoms with Crippen LogP contribution in [0.1, 0.15) is 24.8 Å². The first-order valence-corrected chi connectivity index (χ1v) is 7.85. The lowest BCUT2D eigenvalue weighted by molar-refractivity contribution is 0.262. The molecule has 0 aromatic heterocycles. The zero-order valence-corrected chi connectivity index (χ0v) is 12.0. The molecule has 0 aliphatic heterocycles. The van der Waals surface area contributed by atoms with Crippen molar-refractivity contribution in [3.8, 4) is 0 Å². The molecule has 0 atom stereocenters. The summed E-state index contributed by atoms with van der Waals surface area (Å²) in [5.74, 6) is -2.39. The smallest absolute Gasteiger partial charge is 0.245 e. The van der Waals surface area contributed by atoms with Crippen molar-refractivity contribution in [1.29, 1.82) is 0 Å². The Balaban J connectivity index is 2.34. The molecule has 1 aliphatic rings. The van der Waals surface area contributed by atoms with Crippen molar-refractivity contribution in [2.24, 2.45) is 5.92 Å². The number of benzene rings is 1. The van der Waals surface area contributed by atoms with E-state index in [1.54, 1.807) is 0 Å². The van der Waals surface area contributed by atoms with Crippen molar-refractivity contribution in [3.63, 3.8) is 0 Å². The van der Waals surface area contributed by atoms with E-state index in [-0.39, 0.29) is 11.5 Å². The maximum Gasteiger partial charge on any atom is 0.245 e. The van der Waals surface area contributed by atoms with Crippen LogP contribution in [0.5, 0.6) is 0 Å². The molecule has 2 rings (SSSR count). The molecule has 1 aliphatic carbocycles. The van der Waals surface area contributed by atoms with Crippen LogP contribution in [0.15, 0.2) is 17.0 Å². The molecule has 1 aromatic rings. The Bertz CT molecular complexity index is 600. The Labute approximate surface area is 117 Å². The van der Waals surface area contributed by atoms with Crippen molar-refractivity contribution < 1.29 is 22.3 Å². The summed E-state index contributed by atoms with van der Waals surface area (Å²) in [6, 6.07) is 1.77. The van der Waals surface area contributed by atoms with Crippen LogP contribution in [0.3, 0.4) is 0 Å². The average Bonchev–Trinajstić information content (AvgIpc) is 2.36. The Hall–Kier alpha value is -1.05. The molecule has 0 spiro atoms. The topological polar surface area (TPSA) is 57.6 Å². The second-order valence-electron chi connectivity index (χ2n) is 5.13. The molecular weight excluding hydrogens is 288 g/mol. The first kappa shape index (κ1) is 15.3. The molecule has 0 radical (unpaired) electrons. The van der Waals surface area contributed by atoms with Crippen LogP contribution in [0.4, 0.5) is 8.78 Å². The highest BCUT2D eigenvalue weighted by atomic mass is 32.2. The van der Waals surface area contributed by atoms with E-state index in [4.69, 9.17) is 5.11 Å². The van der Waals surface area contributed by atoms with Crippen LogP contribution < -0.4 is 0 Å². The van der Waals surface area contributed by atoms with Crippen molar-refractivity contribution >= 4 is 10.0 Å². The van der Waals surface area contributed by atoms with E-state index in [2.05, 4.69) is 0 Å². The standard InChI is InChI=1S/C13H17F2NO3S/c1-16(7-9-3-2-4-9)20(18,19)12-6-10(8-17)5-11(14)13(12)15/h5-6,9,17H,2-4,7-8H2,1H3. The Morgan fingerprint density at radius 3 is 2.50 bits per heavy atom. The molecule has 4 nitrogen and oxygen atoms in total. The zero-order valence-electron chi connectivity index (χ0n) is 11.1. The third kappa shape index (κ3) is 2.84. The van der Waals surface area contributed by atoms with E-state index in [0.717, 1.165) is 35.7 Å². The summed E-state index contributed by atoms with van der Waals surface area (Å²) in [6.45, 7) is -0.251. The molecule has 0 bridgehead atoms. The van der Waals surface area contributed by atoms with Crippen LogP contribution in [0, 0.1) is 17.6 Å². The van der Waals surface area contributed by atoms with Gasteiger partial charge in [0.2, 0.25) is 10.0 Å². The summed E-state index contributed by atoms with van der Waals surface area (Å²) < 4.78 is 52.8. The number of halogens is 2. The fourth-order valence-electron chi connectivity index (χ4n) is 2.20. The molecule has 0 amide bonds. The Kier molecular flexibility index (Phi) is 4.41. The van der Waals surface area contributed by atoms with Gasteiger partial charge in [-0.25, -0.2) is 21.5 Å². The minimum absolute atomic E-state index is 0.0273. The summed E-state index contributed by atoms with van der Waals surface area (Å²) >= 11 is 0. The lowest BCUT2D eigenvalue weighted by Gasteiger charge is -2.29. The number of rotatable bonds is 5. The first-order chi connectivity index (χ1) is 9.36. The van der Waals surface area contributed by atoms with Gasteiger partial charge in [0.15, 0.2) is 11.6 Å². The molecule has 0 saturated heterocycles. The van der Waals surface area contributed by atoms with Crippen LogP contribution in [0.25, 0.3) is 0 Å². The average molecular weight is 305 g/mol. The summed E-state index contributed by atoms with van der Waals surface area (Å²) in [5.41, 5.74) is 0.0273. The SMILES string of the molecule is CN(CC1CCC1)S(=O)(=O)c1cc(CO)cc(F)c1F. The minimum Gasteiger partial charge on any atom is -0.392 e. The summed E-state index contributed by atoms with van der Waals surface area (Å²) in [7, 11) is -2.73. The van der Waals surface area contributed by atoms with Crippen LogP contribution in [-0.4, -0.2) is 31.4 Å². The van der Waals surface area contributed by atoms with Gasteiger partial charge < -0.3 is 5.11 Å². The summed E-state index contributed by atoms with van der Waals surface area (Å²) in [6.07, 6.45) is 2.97. The van der Waals surface area contributed by atoms with E-state index in [1.165, 1.54) is 7.05 Å².